The second-order valence-corrected chi connectivity index (χ2v) is 9.28. The molecule has 4 rings (SSSR count). The monoisotopic (exact) mass is 456 g/mol. The van der Waals surface area contributed by atoms with E-state index in [1.807, 2.05) is 60.0 Å². The number of hydrogen-bond acceptors (Lipinski definition) is 5. The minimum Gasteiger partial charge on any atom is -0.497 e. The van der Waals surface area contributed by atoms with E-state index in [1.165, 1.54) is 24.6 Å². The van der Waals surface area contributed by atoms with Gasteiger partial charge in [-0.15, -0.1) is 10.2 Å². The molecular weight excluding hydrogens is 432 g/mol. The summed E-state index contributed by atoms with van der Waals surface area (Å²) in [6.45, 7) is 1.90. The summed E-state index contributed by atoms with van der Waals surface area (Å²) in [6, 6.07) is 15.5. The van der Waals surface area contributed by atoms with Crippen molar-refractivity contribution in [2.75, 3.05) is 7.11 Å². The molecule has 1 amide bonds. The van der Waals surface area contributed by atoms with E-state index in [2.05, 4.69) is 15.5 Å². The number of aromatic nitrogens is 3. The van der Waals surface area contributed by atoms with Crippen LogP contribution in [0.4, 0.5) is 0 Å². The number of amides is 1. The van der Waals surface area contributed by atoms with E-state index < -0.39 is 0 Å². The number of benzene rings is 2. The standard InChI is InChI=1S/C23H25ClN4O2S/c1-15(22(29)25-16-7-3-4-8-16)31-23-27-26-21(19-9-5-6-10-20(19)24)28(23)17-11-13-18(30-2)14-12-17/h5-6,9-16H,3-4,7-8H2,1-2H3,(H,25,29)/t15-/m0/s1. The predicted octanol–water partition coefficient (Wildman–Crippen LogP) is 5.14. The Kier molecular flexibility index (Phi) is 6.83. The van der Waals surface area contributed by atoms with Crippen molar-refractivity contribution in [1.82, 2.24) is 20.1 Å². The van der Waals surface area contributed by atoms with Gasteiger partial charge in [0.2, 0.25) is 5.91 Å². The maximum atomic E-state index is 12.7. The molecule has 1 aliphatic carbocycles. The Hall–Kier alpha value is -2.51. The molecule has 0 radical (unpaired) electrons. The van der Waals surface area contributed by atoms with Crippen molar-refractivity contribution in [3.63, 3.8) is 0 Å². The lowest BCUT2D eigenvalue weighted by Gasteiger charge is -2.17. The molecule has 1 aromatic heterocycles. The summed E-state index contributed by atoms with van der Waals surface area (Å²) in [5.41, 5.74) is 1.65. The highest BCUT2D eigenvalue weighted by atomic mass is 35.5. The number of thioether (sulfide) groups is 1. The lowest BCUT2D eigenvalue weighted by molar-refractivity contribution is -0.120. The van der Waals surface area contributed by atoms with Gasteiger partial charge in [0, 0.05) is 17.3 Å². The molecule has 1 saturated carbocycles. The van der Waals surface area contributed by atoms with Crippen LogP contribution in [-0.4, -0.2) is 39.1 Å². The van der Waals surface area contributed by atoms with Gasteiger partial charge in [-0.25, -0.2) is 0 Å². The molecule has 6 nitrogen and oxygen atoms in total. The second-order valence-electron chi connectivity index (χ2n) is 7.57. The van der Waals surface area contributed by atoms with Gasteiger partial charge >= 0.3 is 0 Å². The lowest BCUT2D eigenvalue weighted by atomic mass is 10.2. The van der Waals surface area contributed by atoms with Crippen LogP contribution in [0.1, 0.15) is 32.6 Å². The summed E-state index contributed by atoms with van der Waals surface area (Å²) in [5, 5.41) is 12.9. The van der Waals surface area contributed by atoms with Crippen LogP contribution in [0, 0.1) is 0 Å². The number of methoxy groups -OCH3 is 1. The number of nitrogens with zero attached hydrogens (tertiary/aromatic N) is 3. The molecule has 162 valence electrons. The maximum absolute atomic E-state index is 12.7. The SMILES string of the molecule is COc1ccc(-n2c(S[C@@H](C)C(=O)NC3CCCC3)nnc2-c2ccccc2Cl)cc1. The number of rotatable bonds is 7. The van der Waals surface area contributed by atoms with E-state index in [4.69, 9.17) is 16.3 Å². The minimum atomic E-state index is -0.305. The number of ether oxygens (including phenoxy) is 1. The molecule has 3 aromatic rings. The van der Waals surface area contributed by atoms with Crippen LogP contribution in [0.5, 0.6) is 5.75 Å². The fourth-order valence-corrected chi connectivity index (χ4v) is 4.82. The van der Waals surface area contributed by atoms with Crippen LogP contribution in [0.2, 0.25) is 5.02 Å². The van der Waals surface area contributed by atoms with Gasteiger partial charge in [0.15, 0.2) is 11.0 Å². The maximum Gasteiger partial charge on any atom is 0.233 e. The molecular formula is C23H25ClN4O2S. The Bertz CT molecular complexity index is 1050. The summed E-state index contributed by atoms with van der Waals surface area (Å²) < 4.78 is 7.23. The smallest absolute Gasteiger partial charge is 0.233 e. The average Bonchev–Trinajstić information content (AvgIpc) is 3.44. The Morgan fingerprint density at radius 2 is 1.87 bits per heavy atom. The quantitative estimate of drug-likeness (QED) is 0.499. The number of carbonyl (C=O) groups is 1. The molecule has 0 saturated heterocycles. The van der Waals surface area contributed by atoms with Crippen LogP contribution >= 0.6 is 23.4 Å². The molecule has 8 heteroatoms. The van der Waals surface area contributed by atoms with Crippen molar-refractivity contribution in [1.29, 1.82) is 0 Å². The molecule has 0 aliphatic heterocycles. The Labute approximate surface area is 191 Å². The van der Waals surface area contributed by atoms with E-state index in [9.17, 15) is 4.79 Å². The van der Waals surface area contributed by atoms with Crippen molar-refractivity contribution in [2.45, 2.75) is 49.1 Å². The summed E-state index contributed by atoms with van der Waals surface area (Å²) in [7, 11) is 1.63. The largest absolute Gasteiger partial charge is 0.497 e. The van der Waals surface area contributed by atoms with E-state index in [1.54, 1.807) is 7.11 Å². The molecule has 0 spiro atoms. The van der Waals surface area contributed by atoms with E-state index in [0.717, 1.165) is 29.8 Å². The zero-order valence-electron chi connectivity index (χ0n) is 17.5. The van der Waals surface area contributed by atoms with Crippen molar-refractivity contribution in [3.8, 4) is 22.8 Å². The van der Waals surface area contributed by atoms with Crippen LogP contribution in [0.3, 0.4) is 0 Å². The summed E-state index contributed by atoms with van der Waals surface area (Å²) in [6.07, 6.45) is 4.47. The van der Waals surface area contributed by atoms with Crippen LogP contribution in [-0.2, 0) is 4.79 Å². The highest BCUT2D eigenvalue weighted by Crippen LogP contribution is 2.33. The second kappa shape index (κ2) is 9.75. The van der Waals surface area contributed by atoms with Crippen molar-refractivity contribution < 1.29 is 9.53 Å². The number of nitrogens with one attached hydrogen (secondary N) is 1. The van der Waals surface area contributed by atoms with Crippen molar-refractivity contribution >= 4 is 29.3 Å². The van der Waals surface area contributed by atoms with Crippen molar-refractivity contribution in [2.24, 2.45) is 0 Å². The third-order valence-electron chi connectivity index (χ3n) is 5.43. The first-order valence-electron chi connectivity index (χ1n) is 10.4. The third kappa shape index (κ3) is 4.88. The van der Waals surface area contributed by atoms with Gasteiger partial charge in [0.05, 0.1) is 17.4 Å². The van der Waals surface area contributed by atoms with Gasteiger partial charge < -0.3 is 10.1 Å². The van der Waals surface area contributed by atoms with E-state index in [0.29, 0.717) is 16.0 Å². The third-order valence-corrected chi connectivity index (χ3v) is 6.80. The van der Waals surface area contributed by atoms with Gasteiger partial charge in [-0.05, 0) is 56.2 Å². The average molecular weight is 457 g/mol. The molecule has 31 heavy (non-hydrogen) atoms. The first kappa shape index (κ1) is 21.7. The number of carbonyl (C=O) groups excluding carboxylic acids is 1. The summed E-state index contributed by atoms with van der Waals surface area (Å²) in [5.74, 6) is 1.41. The Morgan fingerprint density at radius 1 is 1.16 bits per heavy atom. The Balaban J connectivity index is 1.66. The zero-order chi connectivity index (χ0) is 21.8. The fraction of sp³-hybridized carbons (Fsp3) is 0.348. The van der Waals surface area contributed by atoms with Gasteiger partial charge in [0.1, 0.15) is 5.75 Å². The highest BCUT2D eigenvalue weighted by Gasteiger charge is 2.25. The first-order chi connectivity index (χ1) is 15.1. The first-order valence-corrected chi connectivity index (χ1v) is 11.6. The predicted molar refractivity (Wildman–Crippen MR) is 124 cm³/mol. The molecule has 1 fully saturated rings. The number of hydrogen-bond donors (Lipinski definition) is 1. The molecule has 0 unspecified atom stereocenters. The topological polar surface area (TPSA) is 69.0 Å². The fourth-order valence-electron chi connectivity index (χ4n) is 3.73. The molecule has 2 aromatic carbocycles. The van der Waals surface area contributed by atoms with Crippen molar-refractivity contribution in [3.05, 3.63) is 53.6 Å². The van der Waals surface area contributed by atoms with E-state index in [-0.39, 0.29) is 17.2 Å². The molecule has 1 aliphatic rings. The lowest BCUT2D eigenvalue weighted by Crippen LogP contribution is -2.37. The highest BCUT2D eigenvalue weighted by molar-refractivity contribution is 8.00. The number of halogens is 1. The normalized spacial score (nSPS) is 15.1. The van der Waals surface area contributed by atoms with Gasteiger partial charge in [-0.1, -0.05) is 48.3 Å². The minimum absolute atomic E-state index is 0.0282. The molecule has 1 N–H and O–H groups in total. The molecule has 0 bridgehead atoms. The van der Waals surface area contributed by atoms with Gasteiger partial charge in [-0.3, -0.25) is 9.36 Å². The van der Waals surface area contributed by atoms with E-state index >= 15 is 0 Å². The van der Waals surface area contributed by atoms with Crippen LogP contribution in [0.15, 0.2) is 53.7 Å². The zero-order valence-corrected chi connectivity index (χ0v) is 19.1. The summed E-state index contributed by atoms with van der Waals surface area (Å²) >= 11 is 7.85. The van der Waals surface area contributed by atoms with Gasteiger partial charge in [0.25, 0.3) is 0 Å². The van der Waals surface area contributed by atoms with Crippen LogP contribution < -0.4 is 10.1 Å². The Morgan fingerprint density at radius 3 is 2.55 bits per heavy atom. The molecule has 1 atom stereocenters. The molecule has 1 heterocycles. The van der Waals surface area contributed by atoms with Gasteiger partial charge in [-0.2, -0.15) is 0 Å². The summed E-state index contributed by atoms with van der Waals surface area (Å²) in [4.78, 5) is 12.7. The van der Waals surface area contributed by atoms with Crippen LogP contribution in [0.25, 0.3) is 17.1 Å².